The average molecular weight is 214 g/mol. The van der Waals surface area contributed by atoms with Gasteiger partial charge in [0.1, 0.15) is 0 Å². The fourth-order valence-corrected chi connectivity index (χ4v) is 0.723. The maximum Gasteiger partial charge on any atom is 0.574 e. The molecule has 0 unspecified atom stereocenters. The quantitative estimate of drug-likeness (QED) is 0.779. The summed E-state index contributed by atoms with van der Waals surface area (Å²) in [6, 6.07) is 0.768. The van der Waals surface area contributed by atoms with E-state index in [1.807, 2.05) is 0 Å². The second kappa shape index (κ2) is 3.29. The Labute approximate surface area is 75.7 Å². The van der Waals surface area contributed by atoms with Gasteiger partial charge in [0.15, 0.2) is 5.75 Å². The number of aromatic nitrogens is 1. The molecule has 13 heavy (non-hydrogen) atoms. The molecular weight excluding hydrogens is 211 g/mol. The maximum absolute atomic E-state index is 11.6. The van der Waals surface area contributed by atoms with Gasteiger partial charge in [0.05, 0.1) is 11.2 Å². The highest BCUT2D eigenvalue weighted by Gasteiger charge is 2.31. The van der Waals surface area contributed by atoms with Crippen molar-refractivity contribution in [1.82, 2.24) is 4.98 Å². The van der Waals surface area contributed by atoms with E-state index in [1.165, 1.54) is 0 Å². The number of halogens is 4. The molecule has 1 heterocycles. The Kier molecular flexibility index (Phi) is 2.51. The molecule has 1 rings (SSSR count). The third-order valence-electron chi connectivity index (χ3n) is 1.03. The van der Waals surface area contributed by atoms with E-state index in [-0.39, 0.29) is 5.02 Å². The Morgan fingerprint density at radius 1 is 1.46 bits per heavy atom. The smallest absolute Gasteiger partial charge is 0.505 e. The number of nitrogens with zero attached hydrogens (tertiary/aromatic N) is 1. The molecule has 0 amide bonds. The molecule has 0 fully saturated rings. The molecule has 7 heteroatoms. The summed E-state index contributed by atoms with van der Waals surface area (Å²) in [5.74, 6) is -1.12. The van der Waals surface area contributed by atoms with Crippen LogP contribution in [0.15, 0.2) is 12.3 Å². The molecule has 72 valence electrons. The lowest BCUT2D eigenvalue weighted by atomic mass is 10.4. The van der Waals surface area contributed by atoms with Crippen molar-refractivity contribution in [2.24, 2.45) is 0 Å². The third-order valence-corrected chi connectivity index (χ3v) is 1.33. The van der Waals surface area contributed by atoms with Gasteiger partial charge in [0, 0.05) is 6.07 Å². The SMILES string of the molecule is Oc1cnc(OC(F)(F)F)cc1Cl. The minimum absolute atomic E-state index is 0.255. The molecule has 0 atom stereocenters. The minimum Gasteiger partial charge on any atom is -0.505 e. The summed E-state index contributed by atoms with van der Waals surface area (Å²) in [5.41, 5.74) is 0. The van der Waals surface area contributed by atoms with Gasteiger partial charge in [-0.2, -0.15) is 0 Å². The van der Waals surface area contributed by atoms with Crippen LogP contribution in [0.2, 0.25) is 5.02 Å². The normalized spacial score (nSPS) is 11.4. The number of ether oxygens (including phenoxy) is 1. The molecular formula is C6H3ClF3NO2. The molecule has 1 aromatic rings. The number of hydrogen-bond acceptors (Lipinski definition) is 3. The van der Waals surface area contributed by atoms with Crippen LogP contribution in [-0.4, -0.2) is 16.5 Å². The summed E-state index contributed by atoms with van der Waals surface area (Å²) in [6.07, 6.45) is -4.04. The van der Waals surface area contributed by atoms with Crippen molar-refractivity contribution in [2.45, 2.75) is 6.36 Å². The number of aromatic hydroxyl groups is 1. The first-order valence-electron chi connectivity index (χ1n) is 2.99. The van der Waals surface area contributed by atoms with Crippen LogP contribution in [-0.2, 0) is 0 Å². The Bertz CT molecular complexity index is 315. The molecule has 0 saturated heterocycles. The summed E-state index contributed by atoms with van der Waals surface area (Å²) in [4.78, 5) is 3.15. The van der Waals surface area contributed by atoms with E-state index in [9.17, 15) is 13.2 Å². The van der Waals surface area contributed by atoms with Gasteiger partial charge in [0.25, 0.3) is 0 Å². The largest absolute Gasteiger partial charge is 0.574 e. The van der Waals surface area contributed by atoms with Crippen molar-refractivity contribution in [3.63, 3.8) is 0 Å². The Morgan fingerprint density at radius 2 is 2.08 bits per heavy atom. The minimum atomic E-state index is -4.81. The van der Waals surface area contributed by atoms with Crippen LogP contribution in [0.25, 0.3) is 0 Å². The number of pyridine rings is 1. The highest BCUT2D eigenvalue weighted by atomic mass is 35.5. The molecule has 0 spiro atoms. The summed E-state index contributed by atoms with van der Waals surface area (Å²) in [7, 11) is 0. The molecule has 0 bridgehead atoms. The van der Waals surface area contributed by atoms with Crippen molar-refractivity contribution in [3.05, 3.63) is 17.3 Å². The van der Waals surface area contributed by atoms with Crippen molar-refractivity contribution < 1.29 is 23.0 Å². The van der Waals surface area contributed by atoms with Gasteiger partial charge in [-0.3, -0.25) is 0 Å². The summed E-state index contributed by atoms with van der Waals surface area (Å²) in [6.45, 7) is 0. The first-order chi connectivity index (χ1) is 5.88. The highest BCUT2D eigenvalue weighted by molar-refractivity contribution is 6.32. The predicted molar refractivity (Wildman–Crippen MR) is 37.6 cm³/mol. The van der Waals surface area contributed by atoms with Gasteiger partial charge in [-0.1, -0.05) is 11.6 Å². The van der Waals surface area contributed by atoms with Crippen molar-refractivity contribution in [3.8, 4) is 11.6 Å². The van der Waals surface area contributed by atoms with Crippen LogP contribution in [0.1, 0.15) is 0 Å². The molecule has 1 aromatic heterocycles. The van der Waals surface area contributed by atoms with E-state index in [1.54, 1.807) is 0 Å². The Hall–Kier alpha value is -1.17. The summed E-state index contributed by atoms with van der Waals surface area (Å²) in [5, 5.41) is 8.56. The maximum atomic E-state index is 11.6. The summed E-state index contributed by atoms with van der Waals surface area (Å²) >= 11 is 5.31. The topological polar surface area (TPSA) is 42.4 Å². The Balaban J connectivity index is 2.86. The molecule has 0 aliphatic carbocycles. The van der Waals surface area contributed by atoms with Gasteiger partial charge in [0.2, 0.25) is 5.88 Å². The van der Waals surface area contributed by atoms with Gasteiger partial charge >= 0.3 is 6.36 Å². The zero-order valence-corrected chi connectivity index (χ0v) is 6.73. The lowest BCUT2D eigenvalue weighted by Gasteiger charge is -2.07. The number of alkyl halides is 3. The second-order valence-corrected chi connectivity index (χ2v) is 2.43. The van der Waals surface area contributed by atoms with E-state index in [2.05, 4.69) is 9.72 Å². The zero-order valence-electron chi connectivity index (χ0n) is 5.97. The van der Waals surface area contributed by atoms with Crippen LogP contribution in [0.5, 0.6) is 11.6 Å². The van der Waals surface area contributed by atoms with E-state index in [0.29, 0.717) is 0 Å². The van der Waals surface area contributed by atoms with Crippen LogP contribution in [0, 0.1) is 0 Å². The molecule has 0 saturated carbocycles. The lowest BCUT2D eigenvalue weighted by molar-refractivity contribution is -0.276. The van der Waals surface area contributed by atoms with Gasteiger partial charge < -0.3 is 9.84 Å². The number of rotatable bonds is 1. The van der Waals surface area contributed by atoms with Gasteiger partial charge in [-0.15, -0.1) is 13.2 Å². The van der Waals surface area contributed by atoms with E-state index in [4.69, 9.17) is 16.7 Å². The zero-order chi connectivity index (χ0) is 10.1. The molecule has 0 aromatic carbocycles. The fraction of sp³-hybridized carbons (Fsp3) is 0.167. The molecule has 0 aliphatic heterocycles. The second-order valence-electron chi connectivity index (χ2n) is 2.02. The average Bonchev–Trinajstić information content (AvgIpc) is 1.94. The number of hydrogen-bond donors (Lipinski definition) is 1. The summed E-state index contributed by atoms with van der Waals surface area (Å²) < 4.78 is 38.2. The van der Waals surface area contributed by atoms with Crippen LogP contribution >= 0.6 is 11.6 Å². The van der Waals surface area contributed by atoms with Crippen LogP contribution in [0.4, 0.5) is 13.2 Å². The van der Waals surface area contributed by atoms with E-state index in [0.717, 1.165) is 12.3 Å². The predicted octanol–water partition coefficient (Wildman–Crippen LogP) is 2.34. The van der Waals surface area contributed by atoms with Crippen LogP contribution < -0.4 is 4.74 Å². The van der Waals surface area contributed by atoms with Crippen molar-refractivity contribution in [1.29, 1.82) is 0 Å². The van der Waals surface area contributed by atoms with Crippen LogP contribution in [0.3, 0.4) is 0 Å². The molecule has 1 N–H and O–H groups in total. The van der Waals surface area contributed by atoms with E-state index < -0.39 is 18.0 Å². The monoisotopic (exact) mass is 213 g/mol. The molecule has 0 aliphatic rings. The fourth-order valence-electron chi connectivity index (χ4n) is 0.580. The first kappa shape index (κ1) is 9.91. The van der Waals surface area contributed by atoms with Gasteiger partial charge in [-0.05, 0) is 0 Å². The first-order valence-corrected chi connectivity index (χ1v) is 3.36. The highest BCUT2D eigenvalue weighted by Crippen LogP contribution is 2.28. The standard InChI is InChI=1S/C6H3ClF3NO2/c7-3-1-5(11-2-4(3)12)13-6(8,9)10/h1-2,12H. The van der Waals surface area contributed by atoms with Crippen molar-refractivity contribution in [2.75, 3.05) is 0 Å². The lowest BCUT2D eigenvalue weighted by Crippen LogP contribution is -2.17. The Morgan fingerprint density at radius 3 is 2.54 bits per heavy atom. The third kappa shape index (κ3) is 2.98. The van der Waals surface area contributed by atoms with Gasteiger partial charge in [-0.25, -0.2) is 4.98 Å². The molecule has 3 nitrogen and oxygen atoms in total. The molecule has 0 radical (unpaired) electrons. The van der Waals surface area contributed by atoms with E-state index >= 15 is 0 Å². The van der Waals surface area contributed by atoms with Crippen molar-refractivity contribution >= 4 is 11.6 Å².